The molecule has 0 saturated heterocycles. The molecule has 198 valence electrons. The fraction of sp³-hybridized carbons (Fsp3) is 0.286. The van der Waals surface area contributed by atoms with Crippen molar-refractivity contribution in [1.82, 2.24) is 4.57 Å². The molecule has 1 heterocycles. The molecule has 0 aliphatic carbocycles. The Bertz CT molecular complexity index is 1430. The summed E-state index contributed by atoms with van der Waals surface area (Å²) in [4.78, 5) is 37.9. The van der Waals surface area contributed by atoms with Crippen molar-refractivity contribution in [1.29, 1.82) is 5.26 Å². The summed E-state index contributed by atoms with van der Waals surface area (Å²) in [6, 6.07) is 12.8. The Morgan fingerprint density at radius 2 is 1.82 bits per heavy atom. The van der Waals surface area contributed by atoms with Crippen molar-refractivity contribution >= 4 is 29.2 Å². The SMILES string of the molecule is COc1cn([C@@H](CCOC(C)(C)C)C(=O)Nc2ccc(C(=O)O)cc2)c(=O)cc1-c1cc(Cl)ccc1C#N. The van der Waals surface area contributed by atoms with Gasteiger partial charge >= 0.3 is 5.97 Å². The van der Waals surface area contributed by atoms with E-state index in [-0.39, 0.29) is 24.3 Å². The number of halogens is 1. The number of carbonyl (C=O) groups excluding carboxylic acids is 1. The molecule has 0 bridgehead atoms. The number of benzene rings is 2. The Morgan fingerprint density at radius 3 is 2.39 bits per heavy atom. The maximum Gasteiger partial charge on any atom is 0.335 e. The fourth-order valence-electron chi connectivity index (χ4n) is 3.78. The molecule has 1 aromatic heterocycles. The number of carboxylic acids is 1. The normalized spacial score (nSPS) is 11.9. The van der Waals surface area contributed by atoms with E-state index in [4.69, 9.17) is 26.2 Å². The molecule has 3 rings (SSSR count). The van der Waals surface area contributed by atoms with Gasteiger partial charge in [0.2, 0.25) is 5.91 Å². The molecule has 2 aromatic carbocycles. The number of pyridine rings is 1. The Labute approximate surface area is 225 Å². The van der Waals surface area contributed by atoms with Crippen molar-refractivity contribution in [3.63, 3.8) is 0 Å². The first-order valence-corrected chi connectivity index (χ1v) is 12.1. The number of aromatic carboxylic acids is 1. The number of hydrogen-bond acceptors (Lipinski definition) is 6. The number of amides is 1. The standard InChI is InChI=1S/C28H28ClN3O6/c1-28(2,3)38-12-11-23(26(34)31-20-9-6-17(7-10-20)27(35)36)32-16-24(37-4)22(14-25(32)33)21-13-19(29)8-5-18(21)15-30/h5-10,13-14,16,23H,11-12H2,1-4H3,(H,31,34)(H,35,36)/t23-/m0/s1. The Balaban J connectivity index is 2.03. The number of anilines is 1. The molecule has 2 N–H and O–H groups in total. The second-order valence-electron chi connectivity index (χ2n) is 9.44. The summed E-state index contributed by atoms with van der Waals surface area (Å²) >= 11 is 6.15. The van der Waals surface area contributed by atoms with Gasteiger partial charge < -0.3 is 19.9 Å². The number of methoxy groups -OCH3 is 1. The van der Waals surface area contributed by atoms with E-state index in [1.165, 1.54) is 48.2 Å². The molecule has 0 aliphatic rings. The summed E-state index contributed by atoms with van der Waals surface area (Å²) in [6.45, 7) is 5.83. The van der Waals surface area contributed by atoms with Crippen molar-refractivity contribution in [2.75, 3.05) is 19.0 Å². The van der Waals surface area contributed by atoms with Crippen LogP contribution in [0.25, 0.3) is 11.1 Å². The number of carbonyl (C=O) groups is 2. The van der Waals surface area contributed by atoms with Crippen molar-refractivity contribution in [2.24, 2.45) is 0 Å². The van der Waals surface area contributed by atoms with E-state index in [1.54, 1.807) is 18.2 Å². The first-order valence-electron chi connectivity index (χ1n) is 11.7. The maximum atomic E-state index is 13.4. The summed E-state index contributed by atoms with van der Waals surface area (Å²) in [5, 5.41) is 21.8. The van der Waals surface area contributed by atoms with Crippen LogP contribution < -0.4 is 15.6 Å². The quantitative estimate of drug-likeness (QED) is 0.386. The summed E-state index contributed by atoms with van der Waals surface area (Å²) in [7, 11) is 1.42. The average molecular weight is 538 g/mol. The third-order valence-electron chi connectivity index (χ3n) is 5.62. The number of rotatable bonds is 9. The minimum Gasteiger partial charge on any atom is -0.495 e. The minimum absolute atomic E-state index is 0.0763. The van der Waals surface area contributed by atoms with E-state index >= 15 is 0 Å². The topological polar surface area (TPSA) is 131 Å². The van der Waals surface area contributed by atoms with Gasteiger partial charge in [-0.3, -0.25) is 14.2 Å². The Kier molecular flexibility index (Phi) is 8.94. The number of nitriles is 1. The van der Waals surface area contributed by atoms with E-state index < -0.39 is 29.1 Å². The van der Waals surface area contributed by atoms with Gasteiger partial charge in [-0.1, -0.05) is 11.6 Å². The zero-order chi connectivity index (χ0) is 28.0. The molecule has 0 unspecified atom stereocenters. The van der Waals surface area contributed by atoms with E-state index in [9.17, 15) is 19.6 Å². The summed E-state index contributed by atoms with van der Waals surface area (Å²) in [5.41, 5.74) is 0.590. The first kappa shape index (κ1) is 28.4. The zero-order valence-corrected chi connectivity index (χ0v) is 22.2. The molecule has 0 fully saturated rings. The minimum atomic E-state index is -1.09. The molecule has 1 amide bonds. The third-order valence-corrected chi connectivity index (χ3v) is 5.86. The van der Waals surface area contributed by atoms with Gasteiger partial charge in [-0.15, -0.1) is 0 Å². The molecular weight excluding hydrogens is 510 g/mol. The lowest BCUT2D eigenvalue weighted by molar-refractivity contribution is -0.120. The van der Waals surface area contributed by atoms with E-state index in [0.717, 1.165) is 0 Å². The number of carboxylic acid groups (broad SMARTS) is 1. The van der Waals surface area contributed by atoms with Crippen molar-refractivity contribution in [2.45, 2.75) is 38.8 Å². The van der Waals surface area contributed by atoms with E-state index in [1.807, 2.05) is 20.8 Å². The van der Waals surface area contributed by atoms with Gasteiger partial charge in [0, 0.05) is 40.9 Å². The second kappa shape index (κ2) is 11.9. The zero-order valence-electron chi connectivity index (χ0n) is 21.4. The van der Waals surface area contributed by atoms with Crippen LogP contribution in [0.1, 0.15) is 49.2 Å². The monoisotopic (exact) mass is 537 g/mol. The van der Waals surface area contributed by atoms with E-state index in [2.05, 4.69) is 11.4 Å². The molecule has 0 radical (unpaired) electrons. The van der Waals surface area contributed by atoms with Crippen LogP contribution in [0.2, 0.25) is 5.02 Å². The molecule has 0 saturated carbocycles. The smallest absolute Gasteiger partial charge is 0.335 e. The van der Waals surface area contributed by atoms with Gasteiger partial charge in [0.15, 0.2) is 0 Å². The van der Waals surface area contributed by atoms with Crippen molar-refractivity contribution < 1.29 is 24.2 Å². The predicted octanol–water partition coefficient (Wildman–Crippen LogP) is 5.13. The van der Waals surface area contributed by atoms with Gasteiger partial charge in [0.1, 0.15) is 11.8 Å². The lowest BCUT2D eigenvalue weighted by Crippen LogP contribution is -2.34. The Morgan fingerprint density at radius 1 is 1.13 bits per heavy atom. The van der Waals surface area contributed by atoms with Gasteiger partial charge in [0.25, 0.3) is 5.56 Å². The lowest BCUT2D eigenvalue weighted by Gasteiger charge is -2.24. The third kappa shape index (κ3) is 7.00. The highest BCUT2D eigenvalue weighted by Gasteiger charge is 2.25. The van der Waals surface area contributed by atoms with Crippen LogP contribution >= 0.6 is 11.6 Å². The number of nitrogens with one attached hydrogen (secondary N) is 1. The van der Waals surface area contributed by atoms with Gasteiger partial charge in [-0.25, -0.2) is 4.79 Å². The number of nitrogens with zero attached hydrogens (tertiary/aromatic N) is 2. The van der Waals surface area contributed by atoms with Crippen molar-refractivity contribution in [3.8, 4) is 22.9 Å². The van der Waals surface area contributed by atoms with Crippen LogP contribution in [0.5, 0.6) is 5.75 Å². The van der Waals surface area contributed by atoms with Gasteiger partial charge in [-0.05, 0) is 63.2 Å². The van der Waals surface area contributed by atoms with Crippen LogP contribution in [-0.4, -0.2) is 40.9 Å². The molecule has 0 spiro atoms. The summed E-state index contributed by atoms with van der Waals surface area (Å²) in [5.74, 6) is -1.32. The molecule has 38 heavy (non-hydrogen) atoms. The highest BCUT2D eigenvalue weighted by molar-refractivity contribution is 6.31. The van der Waals surface area contributed by atoms with Crippen LogP contribution in [0.3, 0.4) is 0 Å². The number of hydrogen-bond donors (Lipinski definition) is 2. The Hall–Kier alpha value is -4.13. The summed E-state index contributed by atoms with van der Waals surface area (Å²) < 4.78 is 12.6. The molecule has 10 heteroatoms. The molecule has 9 nitrogen and oxygen atoms in total. The van der Waals surface area contributed by atoms with Crippen LogP contribution in [0.4, 0.5) is 5.69 Å². The average Bonchev–Trinajstić information content (AvgIpc) is 2.86. The highest BCUT2D eigenvalue weighted by Crippen LogP contribution is 2.33. The molecular formula is C28H28ClN3O6. The summed E-state index contributed by atoms with van der Waals surface area (Å²) in [6.07, 6.45) is 1.59. The highest BCUT2D eigenvalue weighted by atomic mass is 35.5. The number of aromatic nitrogens is 1. The van der Waals surface area contributed by atoms with Gasteiger partial charge in [-0.2, -0.15) is 5.26 Å². The molecule has 0 aliphatic heterocycles. The first-order chi connectivity index (χ1) is 17.9. The number of ether oxygens (including phenoxy) is 2. The fourth-order valence-corrected chi connectivity index (χ4v) is 3.95. The van der Waals surface area contributed by atoms with Crippen molar-refractivity contribution in [3.05, 3.63) is 81.2 Å². The van der Waals surface area contributed by atoms with Gasteiger partial charge in [0.05, 0.1) is 36.1 Å². The van der Waals surface area contributed by atoms with Crippen LogP contribution in [0, 0.1) is 11.3 Å². The molecule has 3 aromatic rings. The van der Waals surface area contributed by atoms with Crippen LogP contribution in [0.15, 0.2) is 59.5 Å². The van der Waals surface area contributed by atoms with E-state index in [0.29, 0.717) is 27.4 Å². The predicted molar refractivity (Wildman–Crippen MR) is 144 cm³/mol. The lowest BCUT2D eigenvalue weighted by atomic mass is 10.00. The largest absolute Gasteiger partial charge is 0.495 e. The molecule has 1 atom stereocenters. The van der Waals surface area contributed by atoms with Crippen LogP contribution in [-0.2, 0) is 9.53 Å². The second-order valence-corrected chi connectivity index (χ2v) is 9.88. The maximum absolute atomic E-state index is 13.4.